The lowest BCUT2D eigenvalue weighted by atomic mass is 9.99. The SMILES string of the molecule is CC1=C(c2cc(C(=O)Nc3ccccc3F)nn2C)CN(c2nccs2)CC1. The summed E-state index contributed by atoms with van der Waals surface area (Å²) in [5, 5.41) is 9.90. The number of aryl methyl sites for hydroxylation is 1. The minimum Gasteiger partial charge on any atom is -0.343 e. The monoisotopic (exact) mass is 397 g/mol. The summed E-state index contributed by atoms with van der Waals surface area (Å²) in [6, 6.07) is 7.85. The third kappa shape index (κ3) is 3.55. The highest BCUT2D eigenvalue weighted by molar-refractivity contribution is 7.13. The van der Waals surface area contributed by atoms with Crippen LogP contribution in [0.1, 0.15) is 29.5 Å². The quantitative estimate of drug-likeness (QED) is 0.724. The van der Waals surface area contributed by atoms with Crippen molar-refractivity contribution in [3.05, 3.63) is 64.7 Å². The van der Waals surface area contributed by atoms with Crippen molar-refractivity contribution in [3.8, 4) is 0 Å². The molecule has 0 saturated heterocycles. The van der Waals surface area contributed by atoms with Crippen LogP contribution in [-0.4, -0.2) is 33.8 Å². The molecule has 6 nitrogen and oxygen atoms in total. The smallest absolute Gasteiger partial charge is 0.276 e. The van der Waals surface area contributed by atoms with Crippen molar-refractivity contribution in [2.75, 3.05) is 23.3 Å². The van der Waals surface area contributed by atoms with Crippen molar-refractivity contribution in [2.45, 2.75) is 13.3 Å². The average molecular weight is 397 g/mol. The van der Waals surface area contributed by atoms with Crippen LogP contribution in [0.15, 0.2) is 47.5 Å². The number of nitrogens with zero attached hydrogens (tertiary/aromatic N) is 4. The van der Waals surface area contributed by atoms with Gasteiger partial charge in [-0.15, -0.1) is 11.3 Å². The summed E-state index contributed by atoms with van der Waals surface area (Å²) in [5.41, 5.74) is 3.70. The predicted molar refractivity (Wildman–Crippen MR) is 109 cm³/mol. The molecule has 0 saturated carbocycles. The second-order valence-electron chi connectivity index (χ2n) is 6.72. The molecule has 28 heavy (non-hydrogen) atoms. The van der Waals surface area contributed by atoms with Crippen LogP contribution >= 0.6 is 11.3 Å². The standard InChI is InChI=1S/C20H20FN5OS/c1-13-7-9-26(20-22-8-10-28-20)12-14(13)18-11-17(24-25(18)2)19(27)23-16-6-4-3-5-15(16)21/h3-6,8,10-11H,7,9,12H2,1-2H3,(H,23,27). The molecular formula is C20H20FN5OS. The largest absolute Gasteiger partial charge is 0.343 e. The highest BCUT2D eigenvalue weighted by Gasteiger charge is 2.23. The molecule has 8 heteroatoms. The number of carbonyl (C=O) groups is 1. The van der Waals surface area contributed by atoms with Gasteiger partial charge in [-0.05, 0) is 37.1 Å². The summed E-state index contributed by atoms with van der Waals surface area (Å²) in [5.74, 6) is -0.908. The number of aromatic nitrogens is 3. The van der Waals surface area contributed by atoms with E-state index in [0.717, 1.165) is 29.4 Å². The summed E-state index contributed by atoms with van der Waals surface area (Å²) in [7, 11) is 1.82. The van der Waals surface area contributed by atoms with E-state index < -0.39 is 11.7 Å². The molecule has 144 valence electrons. The Kier molecular flexibility index (Phi) is 4.95. The summed E-state index contributed by atoms with van der Waals surface area (Å²) < 4.78 is 15.5. The van der Waals surface area contributed by atoms with Crippen LogP contribution in [0.2, 0.25) is 0 Å². The lowest BCUT2D eigenvalue weighted by molar-refractivity contribution is 0.102. The van der Waals surface area contributed by atoms with Gasteiger partial charge in [-0.2, -0.15) is 5.10 Å². The zero-order valence-corrected chi connectivity index (χ0v) is 16.5. The maximum atomic E-state index is 13.8. The molecule has 0 bridgehead atoms. The average Bonchev–Trinajstić information content (AvgIpc) is 3.34. The van der Waals surface area contributed by atoms with Crippen LogP contribution in [0.3, 0.4) is 0 Å². The van der Waals surface area contributed by atoms with E-state index in [9.17, 15) is 9.18 Å². The number of carbonyl (C=O) groups excluding carboxylic acids is 1. The van der Waals surface area contributed by atoms with Crippen LogP contribution in [0, 0.1) is 5.82 Å². The Morgan fingerprint density at radius 3 is 2.89 bits per heavy atom. The van der Waals surface area contributed by atoms with E-state index in [2.05, 4.69) is 27.2 Å². The Balaban J connectivity index is 1.58. The number of amides is 1. The maximum Gasteiger partial charge on any atom is 0.276 e. The fourth-order valence-corrected chi connectivity index (χ4v) is 3.97. The van der Waals surface area contributed by atoms with Gasteiger partial charge in [-0.3, -0.25) is 9.48 Å². The predicted octanol–water partition coefficient (Wildman–Crippen LogP) is 3.95. The van der Waals surface area contributed by atoms with Crippen molar-refractivity contribution in [2.24, 2.45) is 7.05 Å². The molecule has 3 heterocycles. The van der Waals surface area contributed by atoms with Gasteiger partial charge in [0.1, 0.15) is 5.82 Å². The Labute approximate surface area is 166 Å². The van der Waals surface area contributed by atoms with Gasteiger partial charge in [0.2, 0.25) is 0 Å². The molecule has 0 radical (unpaired) electrons. The van der Waals surface area contributed by atoms with Gasteiger partial charge in [0.15, 0.2) is 10.8 Å². The van der Waals surface area contributed by atoms with Crippen LogP contribution in [-0.2, 0) is 7.05 Å². The third-order valence-corrected chi connectivity index (χ3v) is 5.69. The van der Waals surface area contributed by atoms with Crippen molar-refractivity contribution >= 4 is 33.6 Å². The van der Waals surface area contributed by atoms with Crippen molar-refractivity contribution < 1.29 is 9.18 Å². The molecule has 0 spiro atoms. The first-order chi connectivity index (χ1) is 13.5. The summed E-state index contributed by atoms with van der Waals surface area (Å²) in [6.45, 7) is 3.75. The first kappa shape index (κ1) is 18.4. The van der Waals surface area contributed by atoms with E-state index in [1.807, 2.05) is 12.4 Å². The molecule has 1 aromatic carbocycles. The number of hydrogen-bond acceptors (Lipinski definition) is 5. The Morgan fingerprint density at radius 1 is 1.32 bits per heavy atom. The fourth-order valence-electron chi connectivity index (χ4n) is 3.30. The molecule has 2 aromatic heterocycles. The molecule has 4 rings (SSSR count). The zero-order valence-electron chi connectivity index (χ0n) is 15.6. The highest BCUT2D eigenvalue weighted by Crippen LogP contribution is 2.30. The minimum absolute atomic E-state index is 0.141. The van der Waals surface area contributed by atoms with E-state index in [1.54, 1.807) is 40.4 Å². The molecule has 0 aliphatic carbocycles. The third-order valence-electron chi connectivity index (χ3n) is 4.85. The van der Waals surface area contributed by atoms with Crippen LogP contribution in [0.25, 0.3) is 5.57 Å². The molecule has 1 aliphatic heterocycles. The first-order valence-corrected chi connectivity index (χ1v) is 9.84. The Hall–Kier alpha value is -3.00. The van der Waals surface area contributed by atoms with E-state index >= 15 is 0 Å². The minimum atomic E-state index is -0.475. The first-order valence-electron chi connectivity index (χ1n) is 8.96. The normalized spacial score (nSPS) is 14.5. The molecule has 0 fully saturated rings. The number of hydrogen-bond donors (Lipinski definition) is 1. The lowest BCUT2D eigenvalue weighted by Gasteiger charge is -2.29. The molecule has 3 aromatic rings. The summed E-state index contributed by atoms with van der Waals surface area (Å²) in [4.78, 5) is 19.2. The van der Waals surface area contributed by atoms with Crippen molar-refractivity contribution in [1.29, 1.82) is 0 Å². The number of para-hydroxylation sites is 1. The molecule has 0 atom stereocenters. The van der Waals surface area contributed by atoms with Gasteiger partial charge in [0, 0.05) is 31.7 Å². The van der Waals surface area contributed by atoms with Gasteiger partial charge in [0.25, 0.3) is 5.91 Å². The summed E-state index contributed by atoms with van der Waals surface area (Å²) >= 11 is 1.61. The van der Waals surface area contributed by atoms with E-state index in [1.165, 1.54) is 17.7 Å². The molecule has 1 amide bonds. The van der Waals surface area contributed by atoms with Crippen LogP contribution in [0.4, 0.5) is 15.2 Å². The maximum absolute atomic E-state index is 13.8. The molecule has 0 unspecified atom stereocenters. The zero-order chi connectivity index (χ0) is 19.7. The molecule has 1 aliphatic rings. The Morgan fingerprint density at radius 2 is 2.14 bits per heavy atom. The van der Waals surface area contributed by atoms with E-state index in [0.29, 0.717) is 6.54 Å². The number of anilines is 2. The molecule has 1 N–H and O–H groups in total. The van der Waals surface area contributed by atoms with Gasteiger partial charge in [-0.25, -0.2) is 9.37 Å². The van der Waals surface area contributed by atoms with Crippen LogP contribution in [0.5, 0.6) is 0 Å². The van der Waals surface area contributed by atoms with Crippen molar-refractivity contribution in [3.63, 3.8) is 0 Å². The van der Waals surface area contributed by atoms with Gasteiger partial charge >= 0.3 is 0 Å². The second-order valence-corrected chi connectivity index (χ2v) is 7.59. The number of nitrogens with one attached hydrogen (secondary N) is 1. The van der Waals surface area contributed by atoms with Gasteiger partial charge in [0.05, 0.1) is 11.4 Å². The number of rotatable bonds is 4. The topological polar surface area (TPSA) is 63.1 Å². The highest BCUT2D eigenvalue weighted by atomic mass is 32.1. The van der Waals surface area contributed by atoms with Crippen LogP contribution < -0.4 is 10.2 Å². The molecular weight excluding hydrogens is 377 g/mol. The van der Waals surface area contributed by atoms with Gasteiger partial charge in [-0.1, -0.05) is 17.7 Å². The van der Waals surface area contributed by atoms with E-state index in [-0.39, 0.29) is 11.4 Å². The number of benzene rings is 1. The van der Waals surface area contributed by atoms with E-state index in [4.69, 9.17) is 0 Å². The Bertz CT molecular complexity index is 1040. The lowest BCUT2D eigenvalue weighted by Crippen LogP contribution is -2.31. The van der Waals surface area contributed by atoms with Crippen molar-refractivity contribution in [1.82, 2.24) is 14.8 Å². The number of halogens is 1. The number of thiazole rings is 1. The second kappa shape index (κ2) is 7.55. The fraction of sp³-hybridized carbons (Fsp3) is 0.250. The summed E-state index contributed by atoms with van der Waals surface area (Å²) in [6.07, 6.45) is 2.73. The van der Waals surface area contributed by atoms with Gasteiger partial charge < -0.3 is 10.2 Å².